The van der Waals surface area contributed by atoms with Gasteiger partial charge in [-0.3, -0.25) is 0 Å². The van der Waals surface area contributed by atoms with E-state index in [1.165, 1.54) is 31.9 Å². The highest BCUT2D eigenvalue weighted by Crippen LogP contribution is 2.43. The van der Waals surface area contributed by atoms with Crippen molar-refractivity contribution >= 4 is 61.0 Å². The second-order valence-corrected chi connectivity index (χ2v) is 8.05. The zero-order valence-corrected chi connectivity index (χ0v) is 16.3. The summed E-state index contributed by atoms with van der Waals surface area (Å²) in [6.45, 7) is 0. The normalized spacial score (nSPS) is 11.6. The quantitative estimate of drug-likeness (QED) is 0.386. The minimum Gasteiger partial charge on any atom is -0.538 e. The Morgan fingerprint density at radius 2 is 1.24 bits per heavy atom. The van der Waals surface area contributed by atoms with Gasteiger partial charge >= 0.3 is 7.69 Å². The number of para-hydroxylation sites is 2. The van der Waals surface area contributed by atoms with Crippen LogP contribution in [0.5, 0.6) is 5.75 Å². The standard InChI is InChI=1S/C24H16BNO2S/c27-25-28-22-14-6-10-18-17-9-5-13-21(23(17)29-24(18)22)26-19-11-3-1-7-15(19)16-8-2-4-12-20(16)26/h1-14,25,27H. The molecule has 0 aliphatic rings. The Kier molecular flexibility index (Phi) is 3.66. The molecule has 0 saturated carbocycles. The highest BCUT2D eigenvalue weighted by molar-refractivity contribution is 7.26. The molecule has 0 radical (unpaired) electrons. The van der Waals surface area contributed by atoms with Crippen LogP contribution in [-0.4, -0.2) is 17.3 Å². The van der Waals surface area contributed by atoms with E-state index in [0.717, 1.165) is 21.5 Å². The van der Waals surface area contributed by atoms with Gasteiger partial charge in [-0.1, -0.05) is 60.7 Å². The molecule has 6 rings (SSSR count). The van der Waals surface area contributed by atoms with E-state index in [1.54, 1.807) is 11.3 Å². The predicted molar refractivity (Wildman–Crippen MR) is 124 cm³/mol. The van der Waals surface area contributed by atoms with Gasteiger partial charge in [0, 0.05) is 21.5 Å². The molecule has 5 heteroatoms. The van der Waals surface area contributed by atoms with Crippen molar-refractivity contribution < 1.29 is 9.68 Å². The lowest BCUT2D eigenvalue weighted by molar-refractivity contribution is 0.457. The lowest BCUT2D eigenvalue weighted by atomic mass is 10.1. The summed E-state index contributed by atoms with van der Waals surface area (Å²) in [5.74, 6) is 0.722. The number of rotatable bonds is 3. The molecule has 0 unspecified atom stereocenters. The van der Waals surface area contributed by atoms with Crippen molar-refractivity contribution in [3.63, 3.8) is 0 Å². The third kappa shape index (κ3) is 2.35. The summed E-state index contributed by atoms with van der Waals surface area (Å²) in [6.07, 6.45) is 0. The minimum atomic E-state index is -0.326. The second-order valence-electron chi connectivity index (χ2n) is 7.03. The molecular formula is C24H16BNO2S. The van der Waals surface area contributed by atoms with Gasteiger partial charge in [0.2, 0.25) is 0 Å². The van der Waals surface area contributed by atoms with Crippen molar-refractivity contribution in [2.75, 3.05) is 0 Å². The van der Waals surface area contributed by atoms with E-state index >= 15 is 0 Å². The summed E-state index contributed by atoms with van der Waals surface area (Å²) in [6, 6.07) is 29.6. The molecule has 2 heterocycles. The van der Waals surface area contributed by atoms with Gasteiger partial charge in [0.05, 0.1) is 26.1 Å². The van der Waals surface area contributed by atoms with E-state index in [9.17, 15) is 5.02 Å². The lowest BCUT2D eigenvalue weighted by Gasteiger charge is -2.09. The first kappa shape index (κ1) is 16.7. The second kappa shape index (κ2) is 6.37. The first-order valence-corrected chi connectivity index (χ1v) is 10.3. The Labute approximate surface area is 171 Å². The van der Waals surface area contributed by atoms with Crippen LogP contribution in [0.3, 0.4) is 0 Å². The molecule has 1 N–H and O–H groups in total. The number of thiophene rings is 1. The number of hydrogen-bond donors (Lipinski definition) is 1. The third-order valence-electron chi connectivity index (χ3n) is 5.51. The molecule has 29 heavy (non-hydrogen) atoms. The summed E-state index contributed by atoms with van der Waals surface area (Å²) in [7, 11) is -0.326. The molecule has 3 nitrogen and oxygen atoms in total. The highest BCUT2D eigenvalue weighted by Gasteiger charge is 2.17. The number of fused-ring (bicyclic) bond motifs is 6. The van der Waals surface area contributed by atoms with Crippen LogP contribution >= 0.6 is 11.3 Å². The summed E-state index contributed by atoms with van der Waals surface area (Å²) in [5.41, 5.74) is 3.56. The van der Waals surface area contributed by atoms with Crippen LogP contribution in [0.15, 0.2) is 84.9 Å². The minimum absolute atomic E-state index is 0.326. The molecular weight excluding hydrogens is 377 g/mol. The van der Waals surface area contributed by atoms with Crippen LogP contribution in [0, 0.1) is 0 Å². The maximum Gasteiger partial charge on any atom is 0.504 e. The van der Waals surface area contributed by atoms with Crippen molar-refractivity contribution in [1.82, 2.24) is 4.57 Å². The van der Waals surface area contributed by atoms with Crippen molar-refractivity contribution in [3.05, 3.63) is 84.9 Å². The van der Waals surface area contributed by atoms with E-state index in [2.05, 4.69) is 77.4 Å². The average Bonchev–Trinajstić information content (AvgIpc) is 3.31. The number of aromatic nitrogens is 1. The van der Waals surface area contributed by atoms with Gasteiger partial charge in [0.25, 0.3) is 0 Å². The first-order valence-electron chi connectivity index (χ1n) is 9.53. The summed E-state index contributed by atoms with van der Waals surface area (Å²) in [4.78, 5) is 0. The summed E-state index contributed by atoms with van der Waals surface area (Å²) >= 11 is 1.71. The Hall–Kier alpha value is -3.28. The van der Waals surface area contributed by atoms with E-state index in [0.29, 0.717) is 0 Å². The molecule has 0 bridgehead atoms. The number of hydrogen-bond acceptors (Lipinski definition) is 3. The third-order valence-corrected chi connectivity index (χ3v) is 6.77. The number of nitrogens with zero attached hydrogens (tertiary/aromatic N) is 1. The molecule has 2 aromatic heterocycles. The zero-order chi connectivity index (χ0) is 19.4. The fourth-order valence-electron chi connectivity index (χ4n) is 4.32. The van der Waals surface area contributed by atoms with Gasteiger partial charge in [0.1, 0.15) is 5.75 Å². The summed E-state index contributed by atoms with van der Waals surface area (Å²) in [5, 5.41) is 14.1. The van der Waals surface area contributed by atoms with Crippen LogP contribution in [0.1, 0.15) is 0 Å². The Balaban J connectivity index is 1.77. The van der Waals surface area contributed by atoms with Crippen molar-refractivity contribution in [1.29, 1.82) is 0 Å². The van der Waals surface area contributed by atoms with Gasteiger partial charge < -0.3 is 14.2 Å². The monoisotopic (exact) mass is 393 g/mol. The van der Waals surface area contributed by atoms with Crippen LogP contribution in [0.2, 0.25) is 0 Å². The largest absolute Gasteiger partial charge is 0.538 e. The zero-order valence-electron chi connectivity index (χ0n) is 15.5. The van der Waals surface area contributed by atoms with E-state index in [4.69, 9.17) is 4.65 Å². The van der Waals surface area contributed by atoms with Gasteiger partial charge in [-0.25, -0.2) is 0 Å². The first-order chi connectivity index (χ1) is 14.4. The van der Waals surface area contributed by atoms with Gasteiger partial charge in [-0.2, -0.15) is 0 Å². The molecule has 6 aromatic rings. The fourth-order valence-corrected chi connectivity index (χ4v) is 5.59. The molecule has 0 atom stereocenters. The van der Waals surface area contributed by atoms with Crippen LogP contribution < -0.4 is 4.65 Å². The molecule has 0 spiro atoms. The molecule has 0 fully saturated rings. The smallest absolute Gasteiger partial charge is 0.504 e. The van der Waals surface area contributed by atoms with Crippen LogP contribution in [-0.2, 0) is 0 Å². The topological polar surface area (TPSA) is 34.4 Å². The SMILES string of the molecule is OBOc1cccc2c1sc1c(-n3c4ccccc4c4ccccc43)cccc12. The average molecular weight is 393 g/mol. The molecule has 0 aliphatic carbocycles. The van der Waals surface area contributed by atoms with Gasteiger partial charge in [-0.15, -0.1) is 11.3 Å². The molecule has 0 saturated heterocycles. The maximum absolute atomic E-state index is 9.27. The predicted octanol–water partition coefficient (Wildman–Crippen LogP) is 5.79. The molecule has 4 aromatic carbocycles. The maximum atomic E-state index is 9.27. The summed E-state index contributed by atoms with van der Waals surface area (Å²) < 4.78 is 10.1. The number of benzene rings is 4. The van der Waals surface area contributed by atoms with Crippen molar-refractivity contribution in [2.24, 2.45) is 0 Å². The Morgan fingerprint density at radius 3 is 1.93 bits per heavy atom. The van der Waals surface area contributed by atoms with Crippen molar-refractivity contribution in [3.8, 4) is 11.4 Å². The van der Waals surface area contributed by atoms with Gasteiger partial charge in [-0.05, 0) is 24.3 Å². The fraction of sp³-hybridized carbons (Fsp3) is 0. The Morgan fingerprint density at radius 1 is 0.655 bits per heavy atom. The highest BCUT2D eigenvalue weighted by atomic mass is 32.1. The van der Waals surface area contributed by atoms with Crippen LogP contribution in [0.25, 0.3) is 47.7 Å². The van der Waals surface area contributed by atoms with Crippen molar-refractivity contribution in [2.45, 2.75) is 0 Å². The van der Waals surface area contributed by atoms with Gasteiger partial charge in [0.15, 0.2) is 0 Å². The molecule has 138 valence electrons. The van der Waals surface area contributed by atoms with E-state index in [1.807, 2.05) is 12.1 Å². The van der Waals surface area contributed by atoms with Crippen LogP contribution in [0.4, 0.5) is 0 Å². The molecule has 0 amide bonds. The van der Waals surface area contributed by atoms with E-state index < -0.39 is 0 Å². The lowest BCUT2D eigenvalue weighted by Crippen LogP contribution is -1.99. The Bertz CT molecular complexity index is 1480. The van der Waals surface area contributed by atoms with E-state index in [-0.39, 0.29) is 7.69 Å². The molecule has 0 aliphatic heterocycles.